The first-order chi connectivity index (χ1) is 13.4. The Bertz CT molecular complexity index is 1050. The van der Waals surface area contributed by atoms with E-state index in [2.05, 4.69) is 10.3 Å². The monoisotopic (exact) mass is 395 g/mol. The van der Waals surface area contributed by atoms with Crippen molar-refractivity contribution < 1.29 is 13.2 Å². The highest BCUT2D eigenvalue weighted by molar-refractivity contribution is 7.92. The van der Waals surface area contributed by atoms with Gasteiger partial charge in [0, 0.05) is 13.2 Å². The first-order valence-corrected chi connectivity index (χ1v) is 10.2. The molecule has 0 saturated carbocycles. The molecule has 28 heavy (non-hydrogen) atoms. The van der Waals surface area contributed by atoms with Crippen LogP contribution in [0.1, 0.15) is 29.0 Å². The van der Waals surface area contributed by atoms with Gasteiger partial charge in [-0.3, -0.25) is 14.1 Å². The maximum Gasteiger partial charge on any atom is 0.264 e. The SMILES string of the molecule is CC(NC(=O)c1ccccc1S(=O)(=O)N(C)c1ccccc1)c1ccccn1. The standard InChI is InChI=1S/C21H21N3O3S/c1-16(19-13-8-9-15-22-19)23-21(25)18-12-6-7-14-20(18)28(26,27)24(2)17-10-4-3-5-11-17/h3-16H,1-2H3,(H,23,25). The van der Waals surface area contributed by atoms with E-state index in [1.165, 1.54) is 23.5 Å². The molecule has 1 unspecified atom stereocenters. The number of anilines is 1. The average Bonchev–Trinajstić information content (AvgIpc) is 2.74. The zero-order valence-corrected chi connectivity index (χ0v) is 16.4. The molecule has 1 amide bonds. The second-order valence-electron chi connectivity index (χ2n) is 6.25. The van der Waals surface area contributed by atoms with E-state index in [-0.39, 0.29) is 16.5 Å². The van der Waals surface area contributed by atoms with Gasteiger partial charge in [0.1, 0.15) is 4.90 Å². The molecule has 0 fully saturated rings. The van der Waals surface area contributed by atoms with Crippen molar-refractivity contribution in [3.05, 3.63) is 90.3 Å². The van der Waals surface area contributed by atoms with Crippen LogP contribution in [0.5, 0.6) is 0 Å². The van der Waals surface area contributed by atoms with Crippen molar-refractivity contribution in [1.29, 1.82) is 0 Å². The number of amides is 1. The van der Waals surface area contributed by atoms with E-state index in [1.54, 1.807) is 61.7 Å². The minimum absolute atomic E-state index is 0.0490. The molecular weight excluding hydrogens is 374 g/mol. The van der Waals surface area contributed by atoms with Crippen LogP contribution in [-0.4, -0.2) is 26.4 Å². The van der Waals surface area contributed by atoms with E-state index in [0.717, 1.165) is 0 Å². The van der Waals surface area contributed by atoms with Gasteiger partial charge in [-0.05, 0) is 43.3 Å². The first-order valence-electron chi connectivity index (χ1n) is 8.76. The number of rotatable bonds is 6. The fourth-order valence-electron chi connectivity index (χ4n) is 2.78. The number of nitrogens with zero attached hydrogens (tertiary/aromatic N) is 2. The predicted octanol–water partition coefficient (Wildman–Crippen LogP) is 3.40. The summed E-state index contributed by atoms with van der Waals surface area (Å²) in [5, 5.41) is 2.82. The Hall–Kier alpha value is -3.19. The molecule has 6 nitrogen and oxygen atoms in total. The summed E-state index contributed by atoms with van der Waals surface area (Å²) in [7, 11) is -2.44. The number of pyridine rings is 1. The molecule has 0 aliphatic carbocycles. The van der Waals surface area contributed by atoms with E-state index in [9.17, 15) is 13.2 Å². The smallest absolute Gasteiger partial charge is 0.264 e. The van der Waals surface area contributed by atoms with Crippen molar-refractivity contribution in [2.75, 3.05) is 11.4 Å². The molecule has 144 valence electrons. The van der Waals surface area contributed by atoms with Crippen molar-refractivity contribution in [3.8, 4) is 0 Å². The Morgan fingerprint density at radius 1 is 0.964 bits per heavy atom. The third-order valence-corrected chi connectivity index (χ3v) is 6.21. The van der Waals surface area contributed by atoms with Gasteiger partial charge in [0.05, 0.1) is 23.0 Å². The van der Waals surface area contributed by atoms with Gasteiger partial charge in [-0.2, -0.15) is 0 Å². The number of sulfonamides is 1. The molecule has 2 aromatic carbocycles. The Labute approximate surface area is 164 Å². The van der Waals surface area contributed by atoms with Gasteiger partial charge in [0.2, 0.25) is 0 Å². The van der Waals surface area contributed by atoms with Crippen LogP contribution >= 0.6 is 0 Å². The molecule has 1 N–H and O–H groups in total. The van der Waals surface area contributed by atoms with Crippen LogP contribution in [0, 0.1) is 0 Å². The summed E-state index contributed by atoms with van der Waals surface area (Å²) in [6.45, 7) is 1.80. The van der Waals surface area contributed by atoms with Gasteiger partial charge >= 0.3 is 0 Å². The number of carbonyl (C=O) groups excluding carboxylic acids is 1. The minimum atomic E-state index is -3.91. The molecule has 0 aliphatic rings. The third kappa shape index (κ3) is 4.04. The lowest BCUT2D eigenvalue weighted by atomic mass is 10.1. The number of benzene rings is 2. The van der Waals surface area contributed by atoms with Gasteiger partial charge in [-0.15, -0.1) is 0 Å². The van der Waals surface area contributed by atoms with Crippen LogP contribution < -0.4 is 9.62 Å². The molecule has 0 aliphatic heterocycles. The number of hydrogen-bond donors (Lipinski definition) is 1. The predicted molar refractivity (Wildman–Crippen MR) is 109 cm³/mol. The summed E-state index contributed by atoms with van der Waals surface area (Å²) in [5.41, 5.74) is 1.30. The lowest BCUT2D eigenvalue weighted by Gasteiger charge is -2.21. The lowest BCUT2D eigenvalue weighted by Crippen LogP contribution is -2.32. The molecule has 3 aromatic rings. The topological polar surface area (TPSA) is 79.4 Å². The average molecular weight is 395 g/mol. The van der Waals surface area contributed by atoms with Crippen LogP contribution in [0.4, 0.5) is 5.69 Å². The zero-order valence-electron chi connectivity index (χ0n) is 15.6. The molecule has 1 aromatic heterocycles. The molecule has 0 bridgehead atoms. The minimum Gasteiger partial charge on any atom is -0.344 e. The zero-order chi connectivity index (χ0) is 20.1. The molecule has 7 heteroatoms. The normalized spacial score (nSPS) is 12.2. The van der Waals surface area contributed by atoms with Gasteiger partial charge in [0.15, 0.2) is 0 Å². The first kappa shape index (κ1) is 19.6. The lowest BCUT2D eigenvalue weighted by molar-refractivity contribution is 0.0935. The molecular formula is C21H21N3O3S. The number of para-hydroxylation sites is 1. The third-order valence-electron chi connectivity index (χ3n) is 4.37. The Morgan fingerprint density at radius 2 is 1.61 bits per heavy atom. The summed E-state index contributed by atoms with van der Waals surface area (Å²) in [4.78, 5) is 17.0. The Morgan fingerprint density at radius 3 is 2.29 bits per heavy atom. The van der Waals surface area contributed by atoms with E-state index in [0.29, 0.717) is 11.4 Å². The second-order valence-corrected chi connectivity index (χ2v) is 8.19. The Balaban J connectivity index is 1.91. The summed E-state index contributed by atoms with van der Waals surface area (Å²) >= 11 is 0. The van der Waals surface area contributed by atoms with Gasteiger partial charge in [-0.1, -0.05) is 36.4 Å². The number of carbonyl (C=O) groups is 1. The van der Waals surface area contributed by atoms with Crippen LogP contribution in [0.15, 0.2) is 83.9 Å². The molecule has 1 atom stereocenters. The van der Waals surface area contributed by atoms with Gasteiger partial charge in [0.25, 0.3) is 15.9 Å². The van der Waals surface area contributed by atoms with Crippen LogP contribution in [-0.2, 0) is 10.0 Å². The van der Waals surface area contributed by atoms with Crippen molar-refractivity contribution in [1.82, 2.24) is 10.3 Å². The van der Waals surface area contributed by atoms with Crippen LogP contribution in [0.3, 0.4) is 0 Å². The highest BCUT2D eigenvalue weighted by Gasteiger charge is 2.27. The summed E-state index contributed by atoms with van der Waals surface area (Å²) in [5.74, 6) is -0.473. The molecule has 0 spiro atoms. The number of aromatic nitrogens is 1. The molecule has 3 rings (SSSR count). The van der Waals surface area contributed by atoms with E-state index < -0.39 is 15.9 Å². The molecule has 0 saturated heterocycles. The van der Waals surface area contributed by atoms with Crippen LogP contribution in [0.25, 0.3) is 0 Å². The van der Waals surface area contributed by atoms with Gasteiger partial charge in [-0.25, -0.2) is 8.42 Å². The van der Waals surface area contributed by atoms with Crippen LogP contribution in [0.2, 0.25) is 0 Å². The maximum absolute atomic E-state index is 13.1. The van der Waals surface area contributed by atoms with E-state index in [1.807, 2.05) is 12.1 Å². The van der Waals surface area contributed by atoms with Gasteiger partial charge < -0.3 is 5.32 Å². The fraction of sp³-hybridized carbons (Fsp3) is 0.143. The quantitative estimate of drug-likeness (QED) is 0.694. The molecule has 0 radical (unpaired) electrons. The number of hydrogen-bond acceptors (Lipinski definition) is 4. The maximum atomic E-state index is 13.1. The van der Waals surface area contributed by atoms with E-state index >= 15 is 0 Å². The van der Waals surface area contributed by atoms with E-state index in [4.69, 9.17) is 0 Å². The van der Waals surface area contributed by atoms with Crippen molar-refractivity contribution in [3.63, 3.8) is 0 Å². The van der Waals surface area contributed by atoms with Crippen molar-refractivity contribution in [2.45, 2.75) is 17.9 Å². The largest absolute Gasteiger partial charge is 0.344 e. The summed E-state index contributed by atoms with van der Waals surface area (Å²) in [6.07, 6.45) is 1.64. The highest BCUT2D eigenvalue weighted by atomic mass is 32.2. The fourth-order valence-corrected chi connectivity index (χ4v) is 4.17. The molecule has 1 heterocycles. The number of nitrogens with one attached hydrogen (secondary N) is 1. The highest BCUT2D eigenvalue weighted by Crippen LogP contribution is 2.24. The summed E-state index contributed by atoms with van der Waals surface area (Å²) in [6, 6.07) is 20.0. The van der Waals surface area contributed by atoms with Crippen molar-refractivity contribution in [2.24, 2.45) is 0 Å². The summed E-state index contributed by atoms with van der Waals surface area (Å²) < 4.78 is 27.5. The second kappa shape index (κ2) is 8.22. The van der Waals surface area contributed by atoms with Crippen molar-refractivity contribution >= 4 is 21.6 Å². The Kier molecular flexibility index (Phi) is 5.75.